The highest BCUT2D eigenvalue weighted by molar-refractivity contribution is 5.45. The monoisotopic (exact) mass is 212 g/mol. The van der Waals surface area contributed by atoms with Gasteiger partial charge >= 0.3 is 0 Å². The van der Waals surface area contributed by atoms with E-state index in [0.29, 0.717) is 5.69 Å². The lowest BCUT2D eigenvalue weighted by atomic mass is 10.1. The molecule has 2 rings (SSSR count). The van der Waals surface area contributed by atoms with Crippen LogP contribution >= 0.6 is 0 Å². The molecule has 0 bridgehead atoms. The molecule has 2 atom stereocenters. The van der Waals surface area contributed by atoms with Crippen molar-refractivity contribution in [3.63, 3.8) is 0 Å². The number of halogens is 2. The van der Waals surface area contributed by atoms with Crippen molar-refractivity contribution in [1.29, 1.82) is 0 Å². The maximum Gasteiger partial charge on any atom is 0.160 e. The molecule has 1 aliphatic rings. The second-order valence-corrected chi connectivity index (χ2v) is 3.97. The summed E-state index contributed by atoms with van der Waals surface area (Å²) in [5.74, 6) is -1.65. The number of hydrogen-bond acceptors (Lipinski definition) is 2. The van der Waals surface area contributed by atoms with E-state index in [1.165, 1.54) is 12.1 Å². The smallest absolute Gasteiger partial charge is 0.160 e. The fourth-order valence-corrected chi connectivity index (χ4v) is 1.97. The van der Waals surface area contributed by atoms with Crippen molar-refractivity contribution in [2.24, 2.45) is 5.73 Å². The average molecular weight is 212 g/mol. The topological polar surface area (TPSA) is 38.0 Å². The quantitative estimate of drug-likeness (QED) is 0.789. The zero-order valence-electron chi connectivity index (χ0n) is 8.34. The van der Waals surface area contributed by atoms with Crippen molar-refractivity contribution in [2.75, 3.05) is 5.32 Å². The van der Waals surface area contributed by atoms with E-state index in [1.54, 1.807) is 0 Å². The lowest BCUT2D eigenvalue weighted by Gasteiger charge is -2.18. The van der Waals surface area contributed by atoms with Gasteiger partial charge in [-0.1, -0.05) is 0 Å². The molecule has 2 nitrogen and oxygen atoms in total. The molecule has 1 aromatic rings. The van der Waals surface area contributed by atoms with Crippen molar-refractivity contribution in [2.45, 2.75) is 31.3 Å². The maximum absolute atomic E-state index is 12.9. The van der Waals surface area contributed by atoms with Crippen LogP contribution in [0.15, 0.2) is 18.2 Å². The average Bonchev–Trinajstić information content (AvgIpc) is 2.59. The third kappa shape index (κ3) is 2.26. The fourth-order valence-electron chi connectivity index (χ4n) is 1.97. The van der Waals surface area contributed by atoms with Crippen LogP contribution in [-0.4, -0.2) is 12.1 Å². The standard InChI is InChI=1S/C11H14F2N2/c12-8-5-4-7(6-9(8)13)15-11-3-1-2-10(11)14/h4-6,10-11,15H,1-3,14H2/t10-,11+/m0/s1. The Morgan fingerprint density at radius 3 is 2.60 bits per heavy atom. The fraction of sp³-hybridized carbons (Fsp3) is 0.455. The molecule has 0 spiro atoms. The number of nitrogens with one attached hydrogen (secondary N) is 1. The number of rotatable bonds is 2. The summed E-state index contributed by atoms with van der Waals surface area (Å²) < 4.78 is 25.6. The SMILES string of the molecule is N[C@H]1CCC[C@H]1Nc1ccc(F)c(F)c1. The first kappa shape index (κ1) is 10.4. The van der Waals surface area contributed by atoms with E-state index >= 15 is 0 Å². The molecule has 1 aromatic carbocycles. The molecule has 0 aliphatic heterocycles. The van der Waals surface area contributed by atoms with E-state index in [0.717, 1.165) is 25.3 Å². The second kappa shape index (κ2) is 4.14. The Kier molecular flexibility index (Phi) is 2.86. The Morgan fingerprint density at radius 2 is 2.00 bits per heavy atom. The molecule has 0 saturated heterocycles. The summed E-state index contributed by atoms with van der Waals surface area (Å²) in [6, 6.07) is 4.11. The van der Waals surface area contributed by atoms with Gasteiger partial charge in [0.1, 0.15) is 0 Å². The van der Waals surface area contributed by atoms with Crippen molar-refractivity contribution in [3.8, 4) is 0 Å². The van der Waals surface area contributed by atoms with Crippen molar-refractivity contribution < 1.29 is 8.78 Å². The number of benzene rings is 1. The number of hydrogen-bond donors (Lipinski definition) is 2. The summed E-state index contributed by atoms with van der Waals surface area (Å²) in [7, 11) is 0. The zero-order valence-corrected chi connectivity index (χ0v) is 8.34. The minimum absolute atomic E-state index is 0.109. The maximum atomic E-state index is 12.9. The number of nitrogens with two attached hydrogens (primary N) is 1. The van der Waals surface area contributed by atoms with Crippen LogP contribution in [0.1, 0.15) is 19.3 Å². The third-order valence-corrected chi connectivity index (χ3v) is 2.84. The Hall–Kier alpha value is -1.16. The molecule has 0 heterocycles. The molecule has 1 fully saturated rings. The van der Waals surface area contributed by atoms with Crippen LogP contribution in [0.4, 0.5) is 14.5 Å². The Labute approximate surface area is 87.5 Å². The lowest BCUT2D eigenvalue weighted by molar-refractivity contribution is 0.508. The largest absolute Gasteiger partial charge is 0.381 e. The Bertz CT molecular complexity index is 354. The highest BCUT2D eigenvalue weighted by atomic mass is 19.2. The van der Waals surface area contributed by atoms with E-state index in [2.05, 4.69) is 5.32 Å². The summed E-state index contributed by atoms with van der Waals surface area (Å²) in [6.07, 6.45) is 3.06. The predicted molar refractivity (Wildman–Crippen MR) is 55.6 cm³/mol. The molecular formula is C11H14F2N2. The molecule has 4 heteroatoms. The summed E-state index contributed by atoms with van der Waals surface area (Å²) in [4.78, 5) is 0. The Morgan fingerprint density at radius 1 is 1.20 bits per heavy atom. The van der Waals surface area contributed by atoms with Gasteiger partial charge in [-0.3, -0.25) is 0 Å². The molecule has 1 aliphatic carbocycles. The molecule has 0 radical (unpaired) electrons. The van der Waals surface area contributed by atoms with Crippen molar-refractivity contribution in [1.82, 2.24) is 0 Å². The van der Waals surface area contributed by atoms with Crippen LogP contribution in [-0.2, 0) is 0 Å². The van der Waals surface area contributed by atoms with Crippen LogP contribution in [0.3, 0.4) is 0 Å². The van der Waals surface area contributed by atoms with E-state index in [9.17, 15) is 8.78 Å². The van der Waals surface area contributed by atoms with E-state index in [-0.39, 0.29) is 12.1 Å². The zero-order chi connectivity index (χ0) is 10.8. The minimum atomic E-state index is -0.827. The first-order valence-corrected chi connectivity index (χ1v) is 5.14. The van der Waals surface area contributed by atoms with Crippen LogP contribution in [0.25, 0.3) is 0 Å². The highest BCUT2D eigenvalue weighted by Crippen LogP contribution is 2.22. The second-order valence-electron chi connectivity index (χ2n) is 3.97. The molecule has 3 N–H and O–H groups in total. The van der Waals surface area contributed by atoms with Crippen LogP contribution in [0.5, 0.6) is 0 Å². The molecule has 15 heavy (non-hydrogen) atoms. The lowest BCUT2D eigenvalue weighted by Crippen LogP contribution is -2.35. The van der Waals surface area contributed by atoms with Gasteiger partial charge in [0.15, 0.2) is 11.6 Å². The molecule has 0 amide bonds. The van der Waals surface area contributed by atoms with Gasteiger partial charge < -0.3 is 11.1 Å². The van der Waals surface area contributed by atoms with Gasteiger partial charge in [-0.25, -0.2) is 8.78 Å². The first-order chi connectivity index (χ1) is 7.16. The van der Waals surface area contributed by atoms with E-state index < -0.39 is 11.6 Å². The van der Waals surface area contributed by atoms with Gasteiger partial charge in [-0.05, 0) is 31.4 Å². The highest BCUT2D eigenvalue weighted by Gasteiger charge is 2.23. The van der Waals surface area contributed by atoms with Gasteiger partial charge in [-0.15, -0.1) is 0 Å². The molecule has 1 saturated carbocycles. The van der Waals surface area contributed by atoms with E-state index in [1.807, 2.05) is 0 Å². The molecule has 0 unspecified atom stereocenters. The summed E-state index contributed by atoms with van der Waals surface area (Å²) in [5, 5.41) is 3.13. The van der Waals surface area contributed by atoms with Crippen LogP contribution in [0.2, 0.25) is 0 Å². The van der Waals surface area contributed by atoms with Gasteiger partial charge in [0.05, 0.1) is 0 Å². The van der Waals surface area contributed by atoms with E-state index in [4.69, 9.17) is 5.73 Å². The van der Waals surface area contributed by atoms with Crippen LogP contribution in [0, 0.1) is 11.6 Å². The minimum Gasteiger partial charge on any atom is -0.381 e. The van der Waals surface area contributed by atoms with Crippen molar-refractivity contribution >= 4 is 5.69 Å². The first-order valence-electron chi connectivity index (χ1n) is 5.14. The van der Waals surface area contributed by atoms with Crippen LogP contribution < -0.4 is 11.1 Å². The van der Waals surface area contributed by atoms with Gasteiger partial charge in [0, 0.05) is 23.8 Å². The van der Waals surface area contributed by atoms with Crippen molar-refractivity contribution in [3.05, 3.63) is 29.8 Å². The molecule has 0 aromatic heterocycles. The summed E-state index contributed by atoms with van der Waals surface area (Å²) in [6.45, 7) is 0. The summed E-state index contributed by atoms with van der Waals surface area (Å²) in [5.41, 5.74) is 6.46. The van der Waals surface area contributed by atoms with Gasteiger partial charge in [0.25, 0.3) is 0 Å². The summed E-state index contributed by atoms with van der Waals surface area (Å²) >= 11 is 0. The molecular weight excluding hydrogens is 198 g/mol. The number of anilines is 1. The normalized spacial score (nSPS) is 25.5. The third-order valence-electron chi connectivity index (χ3n) is 2.84. The van der Waals surface area contributed by atoms with Gasteiger partial charge in [-0.2, -0.15) is 0 Å². The predicted octanol–water partition coefficient (Wildman–Crippen LogP) is 2.26. The Balaban J connectivity index is 2.07. The van der Waals surface area contributed by atoms with Gasteiger partial charge in [0.2, 0.25) is 0 Å². The molecule has 82 valence electrons.